The van der Waals surface area contributed by atoms with E-state index in [-0.39, 0.29) is 10.8 Å². The van der Waals surface area contributed by atoms with E-state index in [1.165, 1.54) is 6.20 Å². The molecule has 3 aromatic rings. The van der Waals surface area contributed by atoms with Gasteiger partial charge in [-0.15, -0.1) is 0 Å². The van der Waals surface area contributed by atoms with Gasteiger partial charge in [0, 0.05) is 32.5 Å². The summed E-state index contributed by atoms with van der Waals surface area (Å²) in [4.78, 5) is 18.1. The van der Waals surface area contributed by atoms with Crippen molar-refractivity contribution in [2.45, 2.75) is 12.7 Å². The fourth-order valence-electron chi connectivity index (χ4n) is 2.54. The van der Waals surface area contributed by atoms with E-state index in [2.05, 4.69) is 15.4 Å². The monoisotopic (exact) mass is 423 g/mol. The minimum absolute atomic E-state index is 0.0601. The van der Waals surface area contributed by atoms with Gasteiger partial charge in [0.05, 0.1) is 17.4 Å². The SMILES string of the molecule is CN(C)c1cccc(CNc2cnn(-c3ccc(C(F)(F)F)cn3)c(=O)c2Cl)c1. The van der Waals surface area contributed by atoms with Crippen LogP contribution in [0.15, 0.2) is 53.6 Å². The van der Waals surface area contributed by atoms with E-state index in [0.29, 0.717) is 18.4 Å². The van der Waals surface area contributed by atoms with Crippen LogP contribution in [0.1, 0.15) is 11.1 Å². The van der Waals surface area contributed by atoms with Crippen LogP contribution in [0, 0.1) is 0 Å². The molecule has 2 heterocycles. The Bertz CT molecular complexity index is 1060. The van der Waals surface area contributed by atoms with Gasteiger partial charge in [-0.3, -0.25) is 4.79 Å². The van der Waals surface area contributed by atoms with Gasteiger partial charge >= 0.3 is 6.18 Å². The Morgan fingerprint density at radius 1 is 1.17 bits per heavy atom. The first kappa shape index (κ1) is 20.7. The number of alkyl halides is 3. The molecule has 0 aliphatic heterocycles. The van der Waals surface area contributed by atoms with Crippen LogP contribution in [0.25, 0.3) is 5.82 Å². The van der Waals surface area contributed by atoms with Crippen LogP contribution in [0.4, 0.5) is 24.5 Å². The minimum atomic E-state index is -4.51. The van der Waals surface area contributed by atoms with Gasteiger partial charge < -0.3 is 10.2 Å². The van der Waals surface area contributed by atoms with E-state index in [4.69, 9.17) is 11.6 Å². The molecule has 0 aliphatic rings. The number of pyridine rings is 1. The Labute approximate surface area is 169 Å². The van der Waals surface area contributed by atoms with Crippen LogP contribution in [0.3, 0.4) is 0 Å². The smallest absolute Gasteiger partial charge is 0.378 e. The zero-order valence-electron chi connectivity index (χ0n) is 15.5. The highest BCUT2D eigenvalue weighted by molar-refractivity contribution is 6.32. The molecule has 2 aromatic heterocycles. The van der Waals surface area contributed by atoms with Crippen molar-refractivity contribution in [1.29, 1.82) is 0 Å². The summed E-state index contributed by atoms with van der Waals surface area (Å²) < 4.78 is 38.8. The molecule has 0 saturated carbocycles. The molecule has 0 bridgehead atoms. The molecule has 29 heavy (non-hydrogen) atoms. The average molecular weight is 424 g/mol. The second-order valence-corrected chi connectivity index (χ2v) is 6.79. The lowest BCUT2D eigenvalue weighted by Crippen LogP contribution is -2.23. The Kier molecular flexibility index (Phi) is 5.78. The van der Waals surface area contributed by atoms with Crippen molar-refractivity contribution in [2.75, 3.05) is 24.3 Å². The lowest BCUT2D eigenvalue weighted by Gasteiger charge is -2.14. The Morgan fingerprint density at radius 2 is 1.93 bits per heavy atom. The second kappa shape index (κ2) is 8.12. The lowest BCUT2D eigenvalue weighted by atomic mass is 10.2. The van der Waals surface area contributed by atoms with Crippen LogP contribution < -0.4 is 15.8 Å². The Hall–Kier alpha value is -3.07. The van der Waals surface area contributed by atoms with Gasteiger partial charge in [0.25, 0.3) is 5.56 Å². The fraction of sp³-hybridized carbons (Fsp3) is 0.211. The first-order valence-electron chi connectivity index (χ1n) is 8.48. The predicted molar refractivity (Wildman–Crippen MR) is 106 cm³/mol. The molecule has 1 N–H and O–H groups in total. The summed E-state index contributed by atoms with van der Waals surface area (Å²) in [7, 11) is 3.87. The van der Waals surface area contributed by atoms with E-state index in [9.17, 15) is 18.0 Å². The van der Waals surface area contributed by atoms with Crippen LogP contribution >= 0.6 is 11.6 Å². The summed E-state index contributed by atoms with van der Waals surface area (Å²) in [5, 5.41) is 6.88. The number of rotatable bonds is 5. The molecule has 0 unspecified atom stereocenters. The molecule has 152 valence electrons. The highest BCUT2D eigenvalue weighted by Gasteiger charge is 2.30. The fourth-order valence-corrected chi connectivity index (χ4v) is 2.74. The van der Waals surface area contributed by atoms with Crippen molar-refractivity contribution < 1.29 is 13.2 Å². The van der Waals surface area contributed by atoms with E-state index in [0.717, 1.165) is 28.1 Å². The maximum atomic E-state index is 12.7. The summed E-state index contributed by atoms with van der Waals surface area (Å²) in [5.41, 5.74) is 0.706. The van der Waals surface area contributed by atoms with Crippen LogP contribution in [0.2, 0.25) is 5.02 Å². The third kappa shape index (κ3) is 4.68. The van der Waals surface area contributed by atoms with Gasteiger partial charge in [0.1, 0.15) is 5.02 Å². The zero-order chi connectivity index (χ0) is 21.2. The summed E-state index contributed by atoms with van der Waals surface area (Å²) in [6, 6.07) is 9.69. The van der Waals surface area contributed by atoms with E-state index >= 15 is 0 Å². The Balaban J connectivity index is 1.81. The van der Waals surface area contributed by atoms with Crippen molar-refractivity contribution in [3.8, 4) is 5.82 Å². The summed E-state index contributed by atoms with van der Waals surface area (Å²) >= 11 is 6.15. The van der Waals surface area contributed by atoms with Gasteiger partial charge in [-0.1, -0.05) is 23.7 Å². The van der Waals surface area contributed by atoms with E-state index in [1.54, 1.807) is 0 Å². The van der Waals surface area contributed by atoms with Crippen LogP contribution in [0.5, 0.6) is 0 Å². The first-order chi connectivity index (χ1) is 13.7. The number of nitrogens with one attached hydrogen (secondary N) is 1. The molecule has 0 aliphatic carbocycles. The standard InChI is InChI=1S/C19H17ClF3N5O/c1-27(2)14-5-3-4-12(8-14)9-24-15-11-26-28(18(29)17(15)20)16-7-6-13(10-25-16)19(21,22)23/h3-8,10-11,24H,9H2,1-2H3. The minimum Gasteiger partial charge on any atom is -0.378 e. The normalized spacial score (nSPS) is 11.4. The Morgan fingerprint density at radius 3 is 2.55 bits per heavy atom. The molecule has 0 atom stereocenters. The van der Waals surface area contributed by atoms with Gasteiger partial charge in [-0.05, 0) is 29.8 Å². The molecule has 0 radical (unpaired) electrons. The molecule has 0 fully saturated rings. The van der Waals surface area contributed by atoms with Gasteiger partial charge in [0.2, 0.25) is 0 Å². The highest BCUT2D eigenvalue weighted by Crippen LogP contribution is 2.28. The summed E-state index contributed by atoms with van der Waals surface area (Å²) in [6.07, 6.45) is -2.54. The largest absolute Gasteiger partial charge is 0.417 e. The molecule has 6 nitrogen and oxygen atoms in total. The topological polar surface area (TPSA) is 63.1 Å². The number of anilines is 2. The third-order valence-electron chi connectivity index (χ3n) is 4.12. The molecular formula is C19H17ClF3N5O. The second-order valence-electron chi connectivity index (χ2n) is 6.41. The number of benzene rings is 1. The lowest BCUT2D eigenvalue weighted by molar-refractivity contribution is -0.137. The van der Waals surface area contributed by atoms with E-state index in [1.807, 2.05) is 43.3 Å². The molecule has 0 amide bonds. The predicted octanol–water partition coefficient (Wildman–Crippen LogP) is 3.98. The quantitative estimate of drug-likeness (QED) is 0.672. The highest BCUT2D eigenvalue weighted by atomic mass is 35.5. The molecule has 10 heteroatoms. The first-order valence-corrected chi connectivity index (χ1v) is 8.86. The van der Waals surface area contributed by atoms with Crippen LogP contribution in [-0.2, 0) is 12.7 Å². The van der Waals surface area contributed by atoms with Crippen LogP contribution in [-0.4, -0.2) is 28.9 Å². The van der Waals surface area contributed by atoms with Crippen molar-refractivity contribution in [2.24, 2.45) is 0 Å². The average Bonchev–Trinajstić information content (AvgIpc) is 2.69. The molecule has 0 saturated heterocycles. The van der Waals surface area contributed by atoms with Gasteiger partial charge in [0.15, 0.2) is 5.82 Å². The van der Waals surface area contributed by atoms with Gasteiger partial charge in [-0.2, -0.15) is 23.0 Å². The van der Waals surface area contributed by atoms with Crippen molar-refractivity contribution in [3.05, 3.63) is 75.3 Å². The maximum absolute atomic E-state index is 12.7. The number of aromatic nitrogens is 3. The summed E-state index contributed by atoms with van der Waals surface area (Å²) in [6.45, 7) is 0.408. The van der Waals surface area contributed by atoms with Crippen molar-refractivity contribution >= 4 is 23.0 Å². The number of hydrogen-bond donors (Lipinski definition) is 1. The summed E-state index contributed by atoms with van der Waals surface area (Å²) in [5.74, 6) is -0.0601. The molecule has 0 spiro atoms. The third-order valence-corrected chi connectivity index (χ3v) is 4.49. The molecule has 3 rings (SSSR count). The zero-order valence-corrected chi connectivity index (χ0v) is 16.3. The van der Waals surface area contributed by atoms with Gasteiger partial charge in [-0.25, -0.2) is 4.98 Å². The molecule has 1 aromatic carbocycles. The number of hydrogen-bond acceptors (Lipinski definition) is 5. The van der Waals surface area contributed by atoms with E-state index < -0.39 is 17.3 Å². The van der Waals surface area contributed by atoms with Crippen molar-refractivity contribution in [1.82, 2.24) is 14.8 Å². The number of halogens is 4. The van der Waals surface area contributed by atoms with Crippen molar-refractivity contribution in [3.63, 3.8) is 0 Å². The molecular weight excluding hydrogens is 407 g/mol. The maximum Gasteiger partial charge on any atom is 0.417 e. The number of nitrogens with zero attached hydrogens (tertiary/aromatic N) is 4.